The molecule has 0 radical (unpaired) electrons. The molecular formula is C14H19N3O3S. The molecule has 1 atom stereocenters. The third-order valence-electron chi connectivity index (χ3n) is 3.48. The second kappa shape index (κ2) is 6.84. The largest absolute Gasteiger partial charge is 0.496 e. The van der Waals surface area contributed by atoms with Crippen molar-refractivity contribution in [3.8, 4) is 5.75 Å². The Balaban J connectivity index is 2.18. The number of hydrogen-bond donors (Lipinski definition) is 2. The van der Waals surface area contributed by atoms with E-state index >= 15 is 0 Å². The number of methoxy groups -OCH3 is 1. The minimum atomic E-state index is -0.403. The second-order valence-corrected chi connectivity index (χ2v) is 5.30. The third kappa shape index (κ3) is 3.69. The van der Waals surface area contributed by atoms with Crippen molar-refractivity contribution >= 4 is 23.1 Å². The van der Waals surface area contributed by atoms with Crippen LogP contribution in [0, 0.1) is 0 Å². The van der Waals surface area contributed by atoms with Crippen molar-refractivity contribution in [2.75, 3.05) is 26.9 Å². The van der Waals surface area contributed by atoms with Crippen LogP contribution in [0.5, 0.6) is 5.75 Å². The van der Waals surface area contributed by atoms with Gasteiger partial charge in [0.25, 0.3) is 0 Å². The van der Waals surface area contributed by atoms with Gasteiger partial charge in [0.1, 0.15) is 16.8 Å². The topological polar surface area (TPSA) is 90.8 Å². The van der Waals surface area contributed by atoms with Crippen LogP contribution in [0.1, 0.15) is 11.1 Å². The van der Waals surface area contributed by atoms with Gasteiger partial charge in [0.15, 0.2) is 0 Å². The third-order valence-corrected chi connectivity index (χ3v) is 3.70. The summed E-state index contributed by atoms with van der Waals surface area (Å²) in [6.07, 6.45) is 0. The molecule has 6 nitrogen and oxygen atoms in total. The number of rotatable bonds is 5. The number of amides is 1. The van der Waals surface area contributed by atoms with Gasteiger partial charge in [-0.25, -0.2) is 0 Å². The maximum atomic E-state index is 11.5. The van der Waals surface area contributed by atoms with Gasteiger partial charge < -0.3 is 20.9 Å². The molecule has 4 N–H and O–H groups in total. The number of ether oxygens (including phenoxy) is 2. The molecule has 7 heteroatoms. The van der Waals surface area contributed by atoms with Crippen molar-refractivity contribution < 1.29 is 14.3 Å². The van der Waals surface area contributed by atoms with Crippen LogP contribution in [0.15, 0.2) is 18.2 Å². The highest BCUT2D eigenvalue weighted by atomic mass is 32.1. The molecule has 1 aromatic carbocycles. The van der Waals surface area contributed by atoms with Crippen molar-refractivity contribution in [3.05, 3.63) is 29.3 Å². The summed E-state index contributed by atoms with van der Waals surface area (Å²) in [6, 6.07) is 5.22. The van der Waals surface area contributed by atoms with Gasteiger partial charge in [-0.1, -0.05) is 18.3 Å². The van der Waals surface area contributed by atoms with E-state index in [1.165, 1.54) is 0 Å². The maximum Gasteiger partial charge on any atom is 0.237 e. The molecule has 1 unspecified atom stereocenters. The summed E-state index contributed by atoms with van der Waals surface area (Å²) in [7, 11) is 1.57. The van der Waals surface area contributed by atoms with Crippen LogP contribution in [0.4, 0.5) is 0 Å². The van der Waals surface area contributed by atoms with Crippen molar-refractivity contribution in [1.29, 1.82) is 0 Å². The predicted octanol–water partition coefficient (Wildman–Crippen LogP) is 0.0155. The standard InChI is InChI=1S/C14H19N3O3S/c1-19-12-6-9(2-3-10(12)14(16)21)7-17-4-5-20-8-11(17)13(15)18/h2-3,6,11H,4-5,7-8H2,1H3,(H2,15,18)(H2,16,21). The lowest BCUT2D eigenvalue weighted by atomic mass is 10.1. The predicted molar refractivity (Wildman–Crippen MR) is 83.1 cm³/mol. The Labute approximate surface area is 129 Å². The van der Waals surface area contributed by atoms with Gasteiger partial charge in [0.05, 0.1) is 25.9 Å². The maximum absolute atomic E-state index is 11.5. The molecule has 0 saturated carbocycles. The zero-order chi connectivity index (χ0) is 15.4. The van der Waals surface area contributed by atoms with E-state index in [-0.39, 0.29) is 5.91 Å². The first-order valence-electron chi connectivity index (χ1n) is 6.60. The van der Waals surface area contributed by atoms with E-state index in [2.05, 4.69) is 0 Å². The zero-order valence-corrected chi connectivity index (χ0v) is 12.7. The number of benzene rings is 1. The fourth-order valence-electron chi connectivity index (χ4n) is 2.36. The van der Waals surface area contributed by atoms with E-state index in [4.69, 9.17) is 33.2 Å². The highest BCUT2D eigenvalue weighted by Gasteiger charge is 2.27. The Morgan fingerprint density at radius 3 is 2.90 bits per heavy atom. The molecule has 114 valence electrons. The summed E-state index contributed by atoms with van der Waals surface area (Å²) >= 11 is 4.98. The number of primary amides is 1. The van der Waals surface area contributed by atoms with Crippen LogP contribution in [-0.4, -0.2) is 48.7 Å². The molecular weight excluding hydrogens is 290 g/mol. The first-order valence-corrected chi connectivity index (χ1v) is 7.01. The molecule has 1 fully saturated rings. The van der Waals surface area contributed by atoms with Crippen molar-refractivity contribution in [3.63, 3.8) is 0 Å². The number of nitrogens with zero attached hydrogens (tertiary/aromatic N) is 1. The summed E-state index contributed by atoms with van der Waals surface area (Å²) < 4.78 is 10.6. The molecule has 1 aromatic rings. The van der Waals surface area contributed by atoms with Gasteiger partial charge in [-0.3, -0.25) is 9.69 Å². The van der Waals surface area contributed by atoms with Gasteiger partial charge in [-0.2, -0.15) is 0 Å². The smallest absolute Gasteiger partial charge is 0.237 e. The molecule has 0 aliphatic carbocycles. The van der Waals surface area contributed by atoms with Gasteiger partial charge >= 0.3 is 0 Å². The Morgan fingerprint density at radius 2 is 2.29 bits per heavy atom. The van der Waals surface area contributed by atoms with Crippen molar-refractivity contribution in [1.82, 2.24) is 4.90 Å². The van der Waals surface area contributed by atoms with Gasteiger partial charge in [0, 0.05) is 13.1 Å². The number of thiocarbonyl (C=S) groups is 1. The molecule has 1 amide bonds. The van der Waals surface area contributed by atoms with E-state index < -0.39 is 6.04 Å². The minimum Gasteiger partial charge on any atom is -0.496 e. The molecule has 1 aliphatic rings. The van der Waals surface area contributed by atoms with Crippen LogP contribution in [0.3, 0.4) is 0 Å². The lowest BCUT2D eigenvalue weighted by Gasteiger charge is -2.33. The first-order chi connectivity index (χ1) is 10.0. The fourth-order valence-corrected chi connectivity index (χ4v) is 2.53. The zero-order valence-electron chi connectivity index (χ0n) is 11.9. The van der Waals surface area contributed by atoms with Crippen LogP contribution in [0.2, 0.25) is 0 Å². The summed E-state index contributed by atoms with van der Waals surface area (Å²) in [5, 5.41) is 0. The monoisotopic (exact) mass is 309 g/mol. The Hall–Kier alpha value is -1.70. The molecule has 21 heavy (non-hydrogen) atoms. The number of carbonyl (C=O) groups is 1. The highest BCUT2D eigenvalue weighted by Crippen LogP contribution is 2.22. The van der Waals surface area contributed by atoms with Crippen molar-refractivity contribution in [2.24, 2.45) is 11.5 Å². The number of morpholine rings is 1. The van der Waals surface area contributed by atoms with Gasteiger partial charge in [-0.05, 0) is 17.7 Å². The fraction of sp³-hybridized carbons (Fsp3) is 0.429. The Morgan fingerprint density at radius 1 is 1.52 bits per heavy atom. The first kappa shape index (κ1) is 15.7. The van der Waals surface area contributed by atoms with Crippen LogP contribution in [0.25, 0.3) is 0 Å². The number of hydrogen-bond acceptors (Lipinski definition) is 5. The lowest BCUT2D eigenvalue weighted by Crippen LogP contribution is -2.51. The van der Waals surface area contributed by atoms with Crippen LogP contribution < -0.4 is 16.2 Å². The van der Waals surface area contributed by atoms with Crippen LogP contribution >= 0.6 is 12.2 Å². The van der Waals surface area contributed by atoms with E-state index in [9.17, 15) is 4.79 Å². The number of nitrogens with two attached hydrogens (primary N) is 2. The summed E-state index contributed by atoms with van der Waals surface area (Å²) in [6.45, 7) is 2.17. The summed E-state index contributed by atoms with van der Waals surface area (Å²) in [5.74, 6) is 0.255. The molecule has 1 heterocycles. The minimum absolute atomic E-state index is 0.291. The molecule has 0 aromatic heterocycles. The number of carbonyl (C=O) groups excluding carboxylic acids is 1. The van der Waals surface area contributed by atoms with E-state index in [1.807, 2.05) is 23.1 Å². The average Bonchev–Trinajstić information content (AvgIpc) is 2.47. The van der Waals surface area contributed by atoms with Gasteiger partial charge in [-0.15, -0.1) is 0 Å². The van der Waals surface area contributed by atoms with E-state index in [0.29, 0.717) is 42.6 Å². The second-order valence-electron chi connectivity index (χ2n) is 4.86. The molecule has 1 aliphatic heterocycles. The molecule has 2 rings (SSSR count). The van der Waals surface area contributed by atoms with Crippen LogP contribution in [-0.2, 0) is 16.1 Å². The van der Waals surface area contributed by atoms with E-state index in [1.54, 1.807) is 7.11 Å². The quantitative estimate of drug-likeness (QED) is 0.745. The molecule has 1 saturated heterocycles. The molecule has 0 spiro atoms. The summed E-state index contributed by atoms with van der Waals surface area (Å²) in [5.41, 5.74) is 12.8. The molecule has 0 bridgehead atoms. The van der Waals surface area contributed by atoms with Gasteiger partial charge in [0.2, 0.25) is 5.91 Å². The van der Waals surface area contributed by atoms with E-state index in [0.717, 1.165) is 5.56 Å². The SMILES string of the molecule is COc1cc(CN2CCOCC2C(N)=O)ccc1C(N)=S. The summed E-state index contributed by atoms with van der Waals surface area (Å²) in [4.78, 5) is 13.8. The highest BCUT2D eigenvalue weighted by molar-refractivity contribution is 7.80. The van der Waals surface area contributed by atoms with Crippen molar-refractivity contribution in [2.45, 2.75) is 12.6 Å². The lowest BCUT2D eigenvalue weighted by molar-refractivity contribution is -0.129. The average molecular weight is 309 g/mol. The Bertz CT molecular complexity index is 550. The normalized spacial score (nSPS) is 19.2. The Kier molecular flexibility index (Phi) is 5.11.